The second kappa shape index (κ2) is 6.22. The van der Waals surface area contributed by atoms with E-state index in [1.54, 1.807) is 18.2 Å². The summed E-state index contributed by atoms with van der Waals surface area (Å²) < 4.78 is 15.5. The lowest BCUT2D eigenvalue weighted by Crippen LogP contribution is -2.35. The van der Waals surface area contributed by atoms with Crippen LogP contribution in [-0.4, -0.2) is 25.3 Å². The number of benzene rings is 1. The Hall–Kier alpha value is -3.29. The van der Waals surface area contributed by atoms with Crippen LogP contribution in [0.25, 0.3) is 0 Å². The van der Waals surface area contributed by atoms with Crippen LogP contribution in [-0.2, 0) is 9.53 Å². The molecule has 3 rings (SSSR count). The van der Waals surface area contributed by atoms with E-state index in [1.165, 1.54) is 24.4 Å². The zero-order valence-corrected chi connectivity index (χ0v) is 11.9. The molecular weight excluding hydrogens is 304 g/mol. The van der Waals surface area contributed by atoms with E-state index in [0.29, 0.717) is 21.9 Å². The maximum absolute atomic E-state index is 11.8. The molecule has 2 heterocycles. The summed E-state index contributed by atoms with van der Waals surface area (Å²) in [5.41, 5.74) is 0.289. The highest BCUT2D eigenvalue weighted by atomic mass is 16.7. The standard InChI is InChI=1S/C15H12N2O6/c18-14(8-21-15(19)11-3-1-2-6-17(11)20)16-10-4-5-12-13(7-10)23-9-22-12/h1-7H,8-9H2,(H,16,18). The van der Waals surface area contributed by atoms with Crippen molar-refractivity contribution in [2.45, 2.75) is 0 Å². The molecule has 0 atom stereocenters. The van der Waals surface area contributed by atoms with Crippen LogP contribution in [0.4, 0.5) is 5.69 Å². The Bertz CT molecular complexity index is 761. The zero-order valence-electron chi connectivity index (χ0n) is 11.9. The number of carbonyl (C=O) groups is 2. The Morgan fingerprint density at radius 3 is 2.87 bits per heavy atom. The van der Waals surface area contributed by atoms with Crippen LogP contribution >= 0.6 is 0 Å². The first-order valence-electron chi connectivity index (χ1n) is 6.68. The van der Waals surface area contributed by atoms with Crippen molar-refractivity contribution >= 4 is 17.6 Å². The SMILES string of the molecule is O=C(COC(=O)c1cccc[n+]1[O-])Nc1ccc2c(c1)OCO2. The Kier molecular flexibility index (Phi) is 3.96. The van der Waals surface area contributed by atoms with Crippen molar-refractivity contribution in [1.29, 1.82) is 0 Å². The molecule has 2 aromatic rings. The molecule has 0 saturated carbocycles. The summed E-state index contributed by atoms with van der Waals surface area (Å²) in [6.07, 6.45) is 1.17. The first kappa shape index (κ1) is 14.6. The van der Waals surface area contributed by atoms with Gasteiger partial charge in [0.2, 0.25) is 6.79 Å². The summed E-state index contributed by atoms with van der Waals surface area (Å²) in [6, 6.07) is 9.22. The third-order valence-corrected chi connectivity index (χ3v) is 3.02. The Morgan fingerprint density at radius 2 is 2.04 bits per heavy atom. The second-order valence-corrected chi connectivity index (χ2v) is 4.60. The summed E-state index contributed by atoms with van der Waals surface area (Å²) in [5.74, 6) is -0.290. The summed E-state index contributed by atoms with van der Waals surface area (Å²) in [4.78, 5) is 23.5. The van der Waals surface area contributed by atoms with Crippen LogP contribution in [0.1, 0.15) is 10.5 Å². The number of amides is 1. The second-order valence-electron chi connectivity index (χ2n) is 4.60. The molecule has 1 aliphatic rings. The van der Waals surface area contributed by atoms with Gasteiger partial charge in [0.25, 0.3) is 5.91 Å². The molecule has 0 saturated heterocycles. The van der Waals surface area contributed by atoms with Crippen molar-refractivity contribution in [3.05, 3.63) is 53.5 Å². The average Bonchev–Trinajstić information content (AvgIpc) is 3.01. The lowest BCUT2D eigenvalue weighted by molar-refractivity contribution is -0.608. The molecule has 0 spiro atoms. The van der Waals surface area contributed by atoms with Gasteiger partial charge < -0.3 is 24.7 Å². The number of aromatic nitrogens is 1. The number of rotatable bonds is 4. The molecule has 8 heteroatoms. The molecule has 0 fully saturated rings. The Labute approximate surface area is 130 Å². The lowest BCUT2D eigenvalue weighted by Gasteiger charge is -2.07. The molecule has 1 aromatic heterocycles. The first-order chi connectivity index (χ1) is 11.1. The third kappa shape index (κ3) is 3.31. The molecule has 1 aromatic carbocycles. The van der Waals surface area contributed by atoms with Crippen molar-refractivity contribution < 1.29 is 28.5 Å². The van der Waals surface area contributed by atoms with E-state index in [4.69, 9.17) is 14.2 Å². The Morgan fingerprint density at radius 1 is 1.22 bits per heavy atom. The van der Waals surface area contributed by atoms with Gasteiger partial charge in [-0.15, -0.1) is 0 Å². The quantitative estimate of drug-likeness (QED) is 0.510. The van der Waals surface area contributed by atoms with Crippen molar-refractivity contribution in [3.63, 3.8) is 0 Å². The van der Waals surface area contributed by atoms with Gasteiger partial charge in [-0.2, -0.15) is 4.73 Å². The van der Waals surface area contributed by atoms with Crippen molar-refractivity contribution in [2.75, 3.05) is 18.7 Å². The predicted molar refractivity (Wildman–Crippen MR) is 76.9 cm³/mol. The van der Waals surface area contributed by atoms with Crippen LogP contribution in [0.3, 0.4) is 0 Å². The summed E-state index contributed by atoms with van der Waals surface area (Å²) >= 11 is 0. The number of nitrogens with one attached hydrogen (secondary N) is 1. The van der Waals surface area contributed by atoms with Gasteiger partial charge in [-0.3, -0.25) is 4.79 Å². The van der Waals surface area contributed by atoms with Gasteiger partial charge in [0, 0.05) is 23.9 Å². The molecule has 1 amide bonds. The van der Waals surface area contributed by atoms with E-state index in [2.05, 4.69) is 5.32 Å². The van der Waals surface area contributed by atoms with Crippen LogP contribution in [0.15, 0.2) is 42.6 Å². The molecule has 0 aliphatic carbocycles. The fraction of sp³-hybridized carbons (Fsp3) is 0.133. The largest absolute Gasteiger partial charge is 0.618 e. The minimum Gasteiger partial charge on any atom is -0.618 e. The average molecular weight is 316 g/mol. The van der Waals surface area contributed by atoms with Crippen LogP contribution in [0.2, 0.25) is 0 Å². The number of pyridine rings is 1. The fourth-order valence-corrected chi connectivity index (χ4v) is 1.96. The highest BCUT2D eigenvalue weighted by molar-refractivity contribution is 5.94. The monoisotopic (exact) mass is 316 g/mol. The van der Waals surface area contributed by atoms with E-state index < -0.39 is 18.5 Å². The van der Waals surface area contributed by atoms with Gasteiger partial charge in [-0.05, 0) is 18.2 Å². The number of anilines is 1. The molecule has 1 aliphatic heterocycles. The molecule has 0 radical (unpaired) electrons. The third-order valence-electron chi connectivity index (χ3n) is 3.02. The number of hydrogen-bond donors (Lipinski definition) is 1. The minimum atomic E-state index is -0.874. The number of ether oxygens (including phenoxy) is 3. The van der Waals surface area contributed by atoms with E-state index >= 15 is 0 Å². The molecule has 0 unspecified atom stereocenters. The van der Waals surface area contributed by atoms with Crippen LogP contribution < -0.4 is 19.5 Å². The van der Waals surface area contributed by atoms with Crippen molar-refractivity contribution in [1.82, 2.24) is 0 Å². The normalized spacial score (nSPS) is 11.8. The number of carbonyl (C=O) groups excluding carboxylic acids is 2. The predicted octanol–water partition coefficient (Wildman–Crippen LogP) is 0.844. The fourth-order valence-electron chi connectivity index (χ4n) is 1.96. The number of hydrogen-bond acceptors (Lipinski definition) is 6. The van der Waals surface area contributed by atoms with Gasteiger partial charge in [0.1, 0.15) is 0 Å². The van der Waals surface area contributed by atoms with Gasteiger partial charge in [0.05, 0.1) is 0 Å². The molecule has 1 N–H and O–H groups in total. The highest BCUT2D eigenvalue weighted by Gasteiger charge is 2.19. The van der Waals surface area contributed by atoms with E-state index in [0.717, 1.165) is 0 Å². The van der Waals surface area contributed by atoms with Gasteiger partial charge >= 0.3 is 11.7 Å². The van der Waals surface area contributed by atoms with Crippen LogP contribution in [0.5, 0.6) is 11.5 Å². The Balaban J connectivity index is 1.56. The van der Waals surface area contributed by atoms with E-state index in [-0.39, 0.29) is 12.5 Å². The maximum Gasteiger partial charge on any atom is 0.405 e. The number of nitrogens with zero attached hydrogens (tertiary/aromatic N) is 1. The van der Waals surface area contributed by atoms with Gasteiger partial charge in [0.15, 0.2) is 24.3 Å². The van der Waals surface area contributed by atoms with Gasteiger partial charge in [-0.1, -0.05) is 0 Å². The molecular formula is C15H12N2O6. The topological polar surface area (TPSA) is 101 Å². The maximum atomic E-state index is 11.8. The van der Waals surface area contributed by atoms with Crippen LogP contribution in [0, 0.1) is 5.21 Å². The summed E-state index contributed by atoms with van der Waals surface area (Å²) in [6.45, 7) is -0.376. The van der Waals surface area contributed by atoms with Gasteiger partial charge in [-0.25, -0.2) is 4.79 Å². The van der Waals surface area contributed by atoms with E-state index in [9.17, 15) is 14.8 Å². The highest BCUT2D eigenvalue weighted by Crippen LogP contribution is 2.34. The smallest absolute Gasteiger partial charge is 0.405 e. The van der Waals surface area contributed by atoms with E-state index in [1.807, 2.05) is 0 Å². The first-order valence-corrected chi connectivity index (χ1v) is 6.68. The zero-order chi connectivity index (χ0) is 16.2. The molecule has 8 nitrogen and oxygen atoms in total. The number of esters is 1. The van der Waals surface area contributed by atoms with Crippen molar-refractivity contribution in [3.8, 4) is 11.5 Å². The molecule has 23 heavy (non-hydrogen) atoms. The summed E-state index contributed by atoms with van der Waals surface area (Å²) in [5, 5.41) is 14.0. The summed E-state index contributed by atoms with van der Waals surface area (Å²) in [7, 11) is 0. The number of fused-ring (bicyclic) bond motifs is 1. The lowest BCUT2D eigenvalue weighted by atomic mass is 10.3. The molecule has 118 valence electrons. The minimum absolute atomic E-state index is 0.136. The molecule has 0 bridgehead atoms. The van der Waals surface area contributed by atoms with Crippen molar-refractivity contribution in [2.24, 2.45) is 0 Å².